The predicted octanol–water partition coefficient (Wildman–Crippen LogP) is 3.93. The SMILES string of the molecule is O=C(CSC(=S)N1CC2CC(C1)c1cccc(=O)n1C2)c1ccc(Br)cc1. The van der Waals surface area contributed by atoms with Crippen LogP contribution in [0.5, 0.6) is 0 Å². The Morgan fingerprint density at radius 1 is 1.15 bits per heavy atom. The number of carbonyl (C=O) groups is 1. The Labute approximate surface area is 176 Å². The molecule has 2 bridgehead atoms. The van der Waals surface area contributed by atoms with Gasteiger partial charge in [0.05, 0.1) is 5.75 Å². The maximum absolute atomic E-state index is 12.4. The molecule has 1 aromatic heterocycles. The molecule has 140 valence electrons. The summed E-state index contributed by atoms with van der Waals surface area (Å²) in [6.45, 7) is 2.43. The van der Waals surface area contributed by atoms with Gasteiger partial charge in [0.15, 0.2) is 5.78 Å². The number of thioether (sulfide) groups is 1. The van der Waals surface area contributed by atoms with E-state index >= 15 is 0 Å². The van der Waals surface area contributed by atoms with Crippen LogP contribution >= 0.6 is 39.9 Å². The number of likely N-dealkylation sites (tertiary alicyclic amines) is 1. The summed E-state index contributed by atoms with van der Waals surface area (Å²) in [5.74, 6) is 1.19. The number of hydrogen-bond donors (Lipinski definition) is 0. The third-order valence-corrected chi connectivity index (χ3v) is 7.28. The summed E-state index contributed by atoms with van der Waals surface area (Å²) in [6.07, 6.45) is 1.10. The highest BCUT2D eigenvalue weighted by Gasteiger charge is 2.35. The number of Topliss-reactive ketones (excluding diaryl/α,β-unsaturated/α-hetero) is 1. The minimum Gasteiger partial charge on any atom is -0.356 e. The summed E-state index contributed by atoms with van der Waals surface area (Å²) in [7, 11) is 0. The van der Waals surface area contributed by atoms with Gasteiger partial charge in [-0.1, -0.05) is 58.1 Å². The van der Waals surface area contributed by atoms with Crippen molar-refractivity contribution in [3.8, 4) is 0 Å². The normalized spacial score (nSPS) is 20.9. The van der Waals surface area contributed by atoms with Crippen LogP contribution in [0.25, 0.3) is 0 Å². The van der Waals surface area contributed by atoms with Crippen molar-refractivity contribution in [1.82, 2.24) is 9.47 Å². The van der Waals surface area contributed by atoms with Crippen molar-refractivity contribution >= 4 is 50.0 Å². The first kappa shape index (κ1) is 18.9. The molecule has 0 radical (unpaired) electrons. The van der Waals surface area contributed by atoms with Crippen LogP contribution in [-0.4, -0.2) is 38.4 Å². The lowest BCUT2D eigenvalue weighted by Gasteiger charge is -2.43. The second kappa shape index (κ2) is 7.89. The molecule has 0 spiro atoms. The van der Waals surface area contributed by atoms with E-state index in [1.54, 1.807) is 6.07 Å². The maximum atomic E-state index is 12.4. The molecule has 1 aromatic carbocycles. The highest BCUT2D eigenvalue weighted by molar-refractivity contribution is 9.10. The molecule has 1 fully saturated rings. The Morgan fingerprint density at radius 2 is 1.93 bits per heavy atom. The molecule has 7 heteroatoms. The fraction of sp³-hybridized carbons (Fsp3) is 0.350. The summed E-state index contributed by atoms with van der Waals surface area (Å²) < 4.78 is 3.66. The Bertz CT molecular complexity index is 942. The van der Waals surface area contributed by atoms with Crippen LogP contribution in [-0.2, 0) is 6.54 Å². The number of rotatable bonds is 3. The second-order valence-corrected chi connectivity index (χ2v) is 9.61. The lowest BCUT2D eigenvalue weighted by atomic mass is 9.83. The molecule has 4 nitrogen and oxygen atoms in total. The number of aromatic nitrogens is 1. The van der Waals surface area contributed by atoms with Crippen molar-refractivity contribution in [2.75, 3.05) is 18.8 Å². The first-order valence-corrected chi connectivity index (χ1v) is 11.1. The van der Waals surface area contributed by atoms with Gasteiger partial charge in [-0.25, -0.2) is 0 Å². The molecule has 0 aliphatic carbocycles. The zero-order chi connectivity index (χ0) is 19.0. The van der Waals surface area contributed by atoms with Crippen molar-refractivity contribution in [1.29, 1.82) is 0 Å². The Balaban J connectivity index is 1.40. The molecule has 4 rings (SSSR count). The number of piperidine rings is 1. The molecule has 3 heterocycles. The molecule has 0 amide bonds. The van der Waals surface area contributed by atoms with Crippen LogP contribution in [0.2, 0.25) is 0 Å². The van der Waals surface area contributed by atoms with Crippen LogP contribution in [0, 0.1) is 5.92 Å². The number of hydrogen-bond acceptors (Lipinski definition) is 4. The number of halogens is 1. The highest BCUT2D eigenvalue weighted by Crippen LogP contribution is 2.36. The van der Waals surface area contributed by atoms with Gasteiger partial charge in [-0.15, -0.1) is 0 Å². The molecule has 0 N–H and O–H groups in total. The van der Waals surface area contributed by atoms with E-state index in [-0.39, 0.29) is 11.3 Å². The zero-order valence-electron chi connectivity index (χ0n) is 14.6. The van der Waals surface area contributed by atoms with Gasteiger partial charge in [0.25, 0.3) is 5.56 Å². The summed E-state index contributed by atoms with van der Waals surface area (Å²) in [5, 5.41) is 0. The molecule has 2 unspecified atom stereocenters. The summed E-state index contributed by atoms with van der Waals surface area (Å²) in [5.41, 5.74) is 1.91. The van der Waals surface area contributed by atoms with Gasteiger partial charge in [0, 0.05) is 47.3 Å². The van der Waals surface area contributed by atoms with E-state index in [0.29, 0.717) is 23.2 Å². The van der Waals surface area contributed by atoms with Crippen LogP contribution in [0.15, 0.2) is 51.7 Å². The smallest absolute Gasteiger partial charge is 0.250 e. The van der Waals surface area contributed by atoms with Gasteiger partial charge in [-0.05, 0) is 30.5 Å². The average molecular weight is 463 g/mol. The van der Waals surface area contributed by atoms with Crippen molar-refractivity contribution in [3.05, 3.63) is 68.5 Å². The summed E-state index contributed by atoms with van der Waals surface area (Å²) >= 11 is 10.5. The number of pyridine rings is 1. The van der Waals surface area contributed by atoms with Crippen LogP contribution < -0.4 is 5.56 Å². The number of ketones is 1. The van der Waals surface area contributed by atoms with E-state index in [2.05, 4.69) is 26.9 Å². The predicted molar refractivity (Wildman–Crippen MR) is 117 cm³/mol. The number of nitrogens with zero attached hydrogens (tertiary/aromatic N) is 2. The zero-order valence-corrected chi connectivity index (χ0v) is 17.9. The number of thiocarbonyl (C=S) groups is 1. The third-order valence-electron chi connectivity index (χ3n) is 5.23. The molecule has 1 saturated heterocycles. The van der Waals surface area contributed by atoms with Gasteiger partial charge in [0.2, 0.25) is 0 Å². The first-order chi connectivity index (χ1) is 13.0. The molecule has 2 aromatic rings. The summed E-state index contributed by atoms with van der Waals surface area (Å²) in [6, 6.07) is 12.9. The quantitative estimate of drug-likeness (QED) is 0.510. The van der Waals surface area contributed by atoms with Gasteiger partial charge in [-0.2, -0.15) is 0 Å². The Morgan fingerprint density at radius 3 is 2.70 bits per heavy atom. The average Bonchev–Trinajstić information content (AvgIpc) is 2.67. The fourth-order valence-corrected chi connectivity index (χ4v) is 5.33. The van der Waals surface area contributed by atoms with E-state index in [1.165, 1.54) is 11.8 Å². The third kappa shape index (κ3) is 4.05. The summed E-state index contributed by atoms with van der Waals surface area (Å²) in [4.78, 5) is 26.7. The number of fused-ring (bicyclic) bond motifs is 4. The van der Waals surface area contributed by atoms with Gasteiger partial charge in [0.1, 0.15) is 4.32 Å². The molecular weight excluding hydrogens is 444 g/mol. The van der Waals surface area contributed by atoms with E-state index in [1.807, 2.05) is 34.9 Å². The highest BCUT2D eigenvalue weighted by atomic mass is 79.9. The maximum Gasteiger partial charge on any atom is 0.250 e. The van der Waals surface area contributed by atoms with Crippen molar-refractivity contribution in [3.63, 3.8) is 0 Å². The van der Waals surface area contributed by atoms with Gasteiger partial charge >= 0.3 is 0 Å². The molecule has 0 saturated carbocycles. The second-order valence-electron chi connectivity index (χ2n) is 7.09. The lowest BCUT2D eigenvalue weighted by molar-refractivity contribution is 0.102. The van der Waals surface area contributed by atoms with Gasteiger partial charge in [-0.3, -0.25) is 9.59 Å². The van der Waals surface area contributed by atoms with Crippen molar-refractivity contribution < 1.29 is 4.79 Å². The van der Waals surface area contributed by atoms with E-state index in [4.69, 9.17) is 12.2 Å². The van der Waals surface area contributed by atoms with Gasteiger partial charge < -0.3 is 9.47 Å². The van der Waals surface area contributed by atoms with Crippen LogP contribution in [0.4, 0.5) is 0 Å². The van der Waals surface area contributed by atoms with Crippen LogP contribution in [0.1, 0.15) is 28.4 Å². The van der Waals surface area contributed by atoms with E-state index in [0.717, 1.165) is 40.5 Å². The molecule has 2 atom stereocenters. The fourth-order valence-electron chi connectivity index (χ4n) is 3.98. The number of carbonyl (C=O) groups excluding carboxylic acids is 1. The van der Waals surface area contributed by atoms with Crippen molar-refractivity contribution in [2.24, 2.45) is 5.92 Å². The monoisotopic (exact) mass is 462 g/mol. The van der Waals surface area contributed by atoms with Crippen molar-refractivity contribution in [2.45, 2.75) is 18.9 Å². The van der Waals surface area contributed by atoms with E-state index in [9.17, 15) is 9.59 Å². The Hall–Kier alpha value is -1.44. The topological polar surface area (TPSA) is 42.3 Å². The molecule has 27 heavy (non-hydrogen) atoms. The van der Waals surface area contributed by atoms with Crippen LogP contribution in [0.3, 0.4) is 0 Å². The standard InChI is InChI=1S/C20H19BrN2O2S2/c21-16-6-4-14(5-7-16)18(24)12-27-20(26)22-9-13-8-15(11-22)17-2-1-3-19(25)23(17)10-13/h1-7,13,15H,8-12H2. The lowest BCUT2D eigenvalue weighted by Crippen LogP contribution is -2.48. The molecule has 2 aliphatic heterocycles. The minimum absolute atomic E-state index is 0.0870. The largest absolute Gasteiger partial charge is 0.356 e. The first-order valence-electron chi connectivity index (χ1n) is 8.91. The Kier molecular flexibility index (Phi) is 5.53. The van der Waals surface area contributed by atoms with E-state index < -0.39 is 0 Å². The number of benzene rings is 1. The molecular formula is C20H19BrN2O2S2. The molecule has 2 aliphatic rings. The minimum atomic E-state index is 0.0870.